The Morgan fingerprint density at radius 3 is 2.60 bits per heavy atom. The van der Waals surface area contributed by atoms with Crippen LogP contribution in [0.4, 0.5) is 5.69 Å². The van der Waals surface area contributed by atoms with Crippen molar-refractivity contribution in [3.05, 3.63) is 59.9 Å². The first kappa shape index (κ1) is 16.7. The smallest absolute Gasteiger partial charge is 0.342 e. The standard InChI is InChI=1S/C19H19N3O3/c1-12-16(11-20-22(12)3)19(24)25-13(2)18(23)21-17-10-6-8-14-7-4-5-9-15(14)17/h4-11,13H,1-3H3,(H,21,23)/t13-/m1/s1. The van der Waals surface area contributed by atoms with E-state index in [1.807, 2.05) is 42.5 Å². The number of hydrogen-bond donors (Lipinski definition) is 1. The molecule has 0 aliphatic carbocycles. The van der Waals surface area contributed by atoms with Gasteiger partial charge in [0.1, 0.15) is 5.56 Å². The number of nitrogens with zero attached hydrogens (tertiary/aromatic N) is 2. The van der Waals surface area contributed by atoms with Gasteiger partial charge in [-0.15, -0.1) is 0 Å². The molecule has 1 aromatic heterocycles. The van der Waals surface area contributed by atoms with Gasteiger partial charge < -0.3 is 10.1 Å². The summed E-state index contributed by atoms with van der Waals surface area (Å²) in [6.07, 6.45) is 0.513. The molecule has 128 valence electrons. The number of aromatic nitrogens is 2. The van der Waals surface area contributed by atoms with Gasteiger partial charge in [0.05, 0.1) is 6.20 Å². The first-order valence-corrected chi connectivity index (χ1v) is 7.95. The molecular formula is C19H19N3O3. The SMILES string of the molecule is Cc1c(C(=O)O[C@H](C)C(=O)Nc2cccc3ccccc23)cnn1C. The maximum absolute atomic E-state index is 12.4. The second-order valence-electron chi connectivity index (χ2n) is 5.83. The van der Waals surface area contributed by atoms with Gasteiger partial charge in [0.15, 0.2) is 6.10 Å². The third-order valence-corrected chi connectivity index (χ3v) is 4.16. The molecule has 0 aliphatic rings. The minimum atomic E-state index is -0.925. The first-order valence-electron chi connectivity index (χ1n) is 7.95. The van der Waals surface area contributed by atoms with E-state index in [2.05, 4.69) is 10.4 Å². The number of fused-ring (bicyclic) bond motifs is 1. The van der Waals surface area contributed by atoms with Crippen molar-refractivity contribution < 1.29 is 14.3 Å². The topological polar surface area (TPSA) is 73.2 Å². The molecule has 6 heteroatoms. The molecular weight excluding hydrogens is 318 g/mol. The molecule has 0 saturated carbocycles. The number of aryl methyl sites for hydroxylation is 1. The monoisotopic (exact) mass is 337 g/mol. The Hall–Kier alpha value is -3.15. The Morgan fingerprint density at radius 1 is 1.16 bits per heavy atom. The van der Waals surface area contributed by atoms with Gasteiger partial charge >= 0.3 is 5.97 Å². The summed E-state index contributed by atoms with van der Waals surface area (Å²) in [5, 5.41) is 8.79. The van der Waals surface area contributed by atoms with Gasteiger partial charge in [-0.1, -0.05) is 36.4 Å². The third-order valence-electron chi connectivity index (χ3n) is 4.16. The Labute approximate surface area is 145 Å². The Kier molecular flexibility index (Phi) is 4.52. The van der Waals surface area contributed by atoms with Gasteiger partial charge in [0.2, 0.25) is 0 Å². The van der Waals surface area contributed by atoms with Crippen molar-refractivity contribution >= 4 is 28.3 Å². The van der Waals surface area contributed by atoms with Gasteiger partial charge in [-0.25, -0.2) is 4.79 Å². The zero-order valence-corrected chi connectivity index (χ0v) is 14.3. The third kappa shape index (κ3) is 3.38. The van der Waals surface area contributed by atoms with Crippen molar-refractivity contribution in [2.45, 2.75) is 20.0 Å². The highest BCUT2D eigenvalue weighted by atomic mass is 16.5. The molecule has 25 heavy (non-hydrogen) atoms. The van der Waals surface area contributed by atoms with E-state index in [0.717, 1.165) is 10.8 Å². The zero-order valence-electron chi connectivity index (χ0n) is 14.3. The zero-order chi connectivity index (χ0) is 18.0. The number of ether oxygens (including phenoxy) is 1. The van der Waals surface area contributed by atoms with Gasteiger partial charge in [0.25, 0.3) is 5.91 Å². The van der Waals surface area contributed by atoms with Gasteiger partial charge in [-0.05, 0) is 25.3 Å². The first-order chi connectivity index (χ1) is 12.0. The fourth-order valence-corrected chi connectivity index (χ4v) is 2.55. The number of rotatable bonds is 4. The van der Waals surface area contributed by atoms with Crippen molar-refractivity contribution in [1.29, 1.82) is 0 Å². The molecule has 3 rings (SSSR count). The van der Waals surface area contributed by atoms with Crippen LogP contribution in [0, 0.1) is 6.92 Å². The van der Waals surface area contributed by atoms with E-state index in [4.69, 9.17) is 4.74 Å². The fraction of sp³-hybridized carbons (Fsp3) is 0.211. The van der Waals surface area contributed by atoms with Crippen LogP contribution in [-0.2, 0) is 16.6 Å². The largest absolute Gasteiger partial charge is 0.449 e. The van der Waals surface area contributed by atoms with Crippen molar-refractivity contribution in [2.75, 3.05) is 5.32 Å². The molecule has 0 saturated heterocycles. The lowest BCUT2D eigenvalue weighted by atomic mass is 10.1. The molecule has 0 spiro atoms. The lowest BCUT2D eigenvalue weighted by molar-refractivity contribution is -0.123. The highest BCUT2D eigenvalue weighted by Crippen LogP contribution is 2.23. The van der Waals surface area contributed by atoms with E-state index in [9.17, 15) is 9.59 Å². The number of nitrogens with one attached hydrogen (secondary N) is 1. The maximum Gasteiger partial charge on any atom is 0.342 e. The molecule has 0 radical (unpaired) electrons. The minimum absolute atomic E-state index is 0.354. The molecule has 0 fully saturated rings. The van der Waals surface area contributed by atoms with E-state index in [1.165, 1.54) is 6.20 Å². The molecule has 1 amide bonds. The lowest BCUT2D eigenvalue weighted by Gasteiger charge is -2.14. The van der Waals surface area contributed by atoms with Gasteiger partial charge in [0, 0.05) is 23.8 Å². The predicted octanol–water partition coefficient (Wildman–Crippen LogP) is 3.07. The van der Waals surface area contributed by atoms with Crippen molar-refractivity contribution in [3.8, 4) is 0 Å². The fourth-order valence-electron chi connectivity index (χ4n) is 2.55. The normalized spacial score (nSPS) is 12.0. The minimum Gasteiger partial charge on any atom is -0.449 e. The highest BCUT2D eigenvalue weighted by Gasteiger charge is 2.22. The van der Waals surface area contributed by atoms with E-state index < -0.39 is 12.1 Å². The predicted molar refractivity (Wildman–Crippen MR) is 95.4 cm³/mol. The van der Waals surface area contributed by atoms with E-state index >= 15 is 0 Å². The molecule has 0 aliphatic heterocycles. The average Bonchev–Trinajstić information content (AvgIpc) is 2.94. The van der Waals surface area contributed by atoms with Crippen LogP contribution >= 0.6 is 0 Å². The number of hydrogen-bond acceptors (Lipinski definition) is 4. The van der Waals surface area contributed by atoms with E-state index in [1.54, 1.807) is 25.6 Å². The molecule has 3 aromatic rings. The Morgan fingerprint density at radius 2 is 1.88 bits per heavy atom. The number of esters is 1. The molecule has 1 atom stereocenters. The molecule has 1 N–H and O–H groups in total. The van der Waals surface area contributed by atoms with E-state index in [0.29, 0.717) is 16.9 Å². The Balaban J connectivity index is 1.72. The molecule has 2 aromatic carbocycles. The van der Waals surface area contributed by atoms with Gasteiger partial charge in [-0.3, -0.25) is 9.48 Å². The van der Waals surface area contributed by atoms with Crippen LogP contribution in [0.2, 0.25) is 0 Å². The number of carbonyl (C=O) groups excluding carboxylic acids is 2. The summed E-state index contributed by atoms with van der Waals surface area (Å²) in [4.78, 5) is 24.6. The number of benzene rings is 2. The summed E-state index contributed by atoms with van der Waals surface area (Å²) in [7, 11) is 1.74. The second-order valence-corrected chi connectivity index (χ2v) is 5.83. The molecule has 0 bridgehead atoms. The van der Waals surface area contributed by atoms with E-state index in [-0.39, 0.29) is 5.91 Å². The summed E-state index contributed by atoms with van der Waals surface area (Å²) in [6.45, 7) is 3.31. The second kappa shape index (κ2) is 6.76. The van der Waals surface area contributed by atoms with Crippen LogP contribution in [0.1, 0.15) is 23.0 Å². The summed E-state index contributed by atoms with van der Waals surface area (Å²) in [6, 6.07) is 13.4. The summed E-state index contributed by atoms with van der Waals surface area (Å²) < 4.78 is 6.85. The molecule has 6 nitrogen and oxygen atoms in total. The summed E-state index contributed by atoms with van der Waals surface area (Å²) >= 11 is 0. The lowest BCUT2D eigenvalue weighted by Crippen LogP contribution is -2.30. The number of amides is 1. The van der Waals surface area contributed by atoms with Gasteiger partial charge in [-0.2, -0.15) is 5.10 Å². The van der Waals surface area contributed by atoms with Crippen LogP contribution < -0.4 is 5.32 Å². The maximum atomic E-state index is 12.4. The van der Waals surface area contributed by atoms with Crippen LogP contribution in [-0.4, -0.2) is 27.8 Å². The van der Waals surface area contributed by atoms with Crippen LogP contribution in [0.5, 0.6) is 0 Å². The molecule has 0 unspecified atom stereocenters. The Bertz CT molecular complexity index is 941. The highest BCUT2D eigenvalue weighted by molar-refractivity contribution is 6.04. The quantitative estimate of drug-likeness (QED) is 0.743. The average molecular weight is 337 g/mol. The van der Waals surface area contributed by atoms with Crippen molar-refractivity contribution in [1.82, 2.24) is 9.78 Å². The van der Waals surface area contributed by atoms with Crippen LogP contribution in [0.15, 0.2) is 48.7 Å². The number of carbonyl (C=O) groups is 2. The summed E-state index contributed by atoms with van der Waals surface area (Å²) in [5.74, 6) is -0.947. The summed E-state index contributed by atoms with van der Waals surface area (Å²) in [5.41, 5.74) is 1.72. The van der Waals surface area contributed by atoms with Crippen molar-refractivity contribution in [3.63, 3.8) is 0 Å². The van der Waals surface area contributed by atoms with Crippen LogP contribution in [0.3, 0.4) is 0 Å². The van der Waals surface area contributed by atoms with Crippen LogP contribution in [0.25, 0.3) is 10.8 Å². The van der Waals surface area contributed by atoms with Crippen molar-refractivity contribution in [2.24, 2.45) is 7.05 Å². The molecule has 1 heterocycles. The number of anilines is 1.